The molecule has 1 fully saturated rings. The van der Waals surface area contributed by atoms with E-state index >= 15 is 0 Å². The van der Waals surface area contributed by atoms with Gasteiger partial charge in [0.15, 0.2) is 0 Å². The Morgan fingerprint density at radius 2 is 2.15 bits per heavy atom. The van der Waals surface area contributed by atoms with Crippen molar-refractivity contribution in [1.29, 1.82) is 0 Å². The van der Waals surface area contributed by atoms with Crippen LogP contribution in [0, 0.1) is 11.7 Å². The molecule has 1 amide bonds. The summed E-state index contributed by atoms with van der Waals surface area (Å²) in [6, 6.07) is 6.22. The molecule has 0 aliphatic carbocycles. The van der Waals surface area contributed by atoms with Crippen LogP contribution in [0.1, 0.15) is 38.3 Å². The van der Waals surface area contributed by atoms with Crippen LogP contribution < -0.4 is 5.32 Å². The lowest BCUT2D eigenvalue weighted by molar-refractivity contribution is -0.136. The predicted molar refractivity (Wildman–Crippen MR) is 77.8 cm³/mol. The Balaban J connectivity index is 2.12. The maximum Gasteiger partial charge on any atom is 0.240 e. The highest BCUT2D eigenvalue weighted by atomic mass is 19.1. The molecule has 3 unspecified atom stereocenters. The van der Waals surface area contributed by atoms with Crippen molar-refractivity contribution in [3.63, 3.8) is 0 Å². The van der Waals surface area contributed by atoms with Crippen molar-refractivity contribution in [3.8, 4) is 0 Å². The molecule has 1 N–H and O–H groups in total. The molecule has 2 rings (SSSR count). The number of likely N-dealkylation sites (N-methyl/N-ethyl adjacent to an activating group) is 1. The zero-order chi connectivity index (χ0) is 14.7. The minimum Gasteiger partial charge on any atom is -0.338 e. The number of nitrogens with zero attached hydrogens (tertiary/aromatic N) is 1. The number of carbonyl (C=O) groups excluding carboxylic acids is 1. The van der Waals surface area contributed by atoms with Crippen molar-refractivity contribution in [2.75, 3.05) is 13.6 Å². The fourth-order valence-corrected chi connectivity index (χ4v) is 2.81. The molecule has 0 spiro atoms. The van der Waals surface area contributed by atoms with Crippen LogP contribution in [0.5, 0.6) is 0 Å². The van der Waals surface area contributed by atoms with E-state index in [1.165, 1.54) is 6.07 Å². The summed E-state index contributed by atoms with van der Waals surface area (Å²) in [7, 11) is 1.75. The smallest absolute Gasteiger partial charge is 0.240 e. The first-order chi connectivity index (χ1) is 9.52. The second kappa shape index (κ2) is 6.35. The van der Waals surface area contributed by atoms with Crippen molar-refractivity contribution in [2.24, 2.45) is 5.92 Å². The van der Waals surface area contributed by atoms with E-state index in [2.05, 4.69) is 12.2 Å². The van der Waals surface area contributed by atoms with Crippen LogP contribution >= 0.6 is 0 Å². The molecule has 1 heterocycles. The van der Waals surface area contributed by atoms with Crippen molar-refractivity contribution >= 4 is 5.91 Å². The Morgan fingerprint density at radius 1 is 1.45 bits per heavy atom. The molecule has 1 aromatic carbocycles. The van der Waals surface area contributed by atoms with Crippen LogP contribution in [0.3, 0.4) is 0 Å². The SMILES string of the molecule is CC1CCCNC1C(=O)N(C)C(C)c1ccccc1F. The molecule has 110 valence electrons. The number of nitrogens with one attached hydrogen (secondary N) is 1. The van der Waals surface area contributed by atoms with Crippen LogP contribution in [0.2, 0.25) is 0 Å². The molecule has 3 atom stereocenters. The first-order valence-electron chi connectivity index (χ1n) is 7.27. The normalized spacial score (nSPS) is 24.2. The van der Waals surface area contributed by atoms with Gasteiger partial charge in [0.1, 0.15) is 5.82 Å². The molecule has 0 saturated carbocycles. The van der Waals surface area contributed by atoms with Crippen molar-refractivity contribution < 1.29 is 9.18 Å². The minimum absolute atomic E-state index is 0.0490. The maximum atomic E-state index is 13.8. The van der Waals surface area contributed by atoms with Crippen molar-refractivity contribution in [1.82, 2.24) is 10.2 Å². The number of carbonyl (C=O) groups is 1. The lowest BCUT2D eigenvalue weighted by Gasteiger charge is -2.35. The first kappa shape index (κ1) is 15.0. The van der Waals surface area contributed by atoms with Gasteiger partial charge in [-0.2, -0.15) is 0 Å². The van der Waals surface area contributed by atoms with Gasteiger partial charge in [0, 0.05) is 12.6 Å². The first-order valence-corrected chi connectivity index (χ1v) is 7.27. The molecule has 0 bridgehead atoms. The summed E-state index contributed by atoms with van der Waals surface area (Å²) in [4.78, 5) is 14.2. The highest BCUT2D eigenvalue weighted by Crippen LogP contribution is 2.24. The number of piperidine rings is 1. The highest BCUT2D eigenvalue weighted by molar-refractivity contribution is 5.82. The summed E-state index contributed by atoms with van der Waals surface area (Å²) in [5, 5.41) is 3.29. The predicted octanol–water partition coefficient (Wildman–Crippen LogP) is 2.73. The van der Waals surface area contributed by atoms with Crippen LogP contribution in [-0.4, -0.2) is 30.4 Å². The molecule has 4 heteroatoms. The van der Waals surface area contributed by atoms with E-state index in [0.29, 0.717) is 11.5 Å². The van der Waals surface area contributed by atoms with Gasteiger partial charge in [-0.25, -0.2) is 4.39 Å². The van der Waals surface area contributed by atoms with E-state index in [4.69, 9.17) is 0 Å². The standard InChI is InChI=1S/C16H23FN2O/c1-11-7-6-10-18-15(11)16(20)19(3)12(2)13-8-4-5-9-14(13)17/h4-5,8-9,11-12,15,18H,6-7,10H2,1-3H3. The van der Waals surface area contributed by atoms with Crippen molar-refractivity contribution in [2.45, 2.75) is 38.8 Å². The van der Waals surface area contributed by atoms with Gasteiger partial charge >= 0.3 is 0 Å². The van der Waals surface area contributed by atoms with Crippen molar-refractivity contribution in [3.05, 3.63) is 35.6 Å². The zero-order valence-electron chi connectivity index (χ0n) is 12.4. The summed E-state index contributed by atoms with van der Waals surface area (Å²) >= 11 is 0. The summed E-state index contributed by atoms with van der Waals surface area (Å²) in [5.41, 5.74) is 0.562. The van der Waals surface area contributed by atoms with Gasteiger partial charge in [0.05, 0.1) is 12.1 Å². The third-order valence-electron chi connectivity index (χ3n) is 4.32. The third-order valence-corrected chi connectivity index (χ3v) is 4.32. The van der Waals surface area contributed by atoms with Gasteiger partial charge in [-0.05, 0) is 38.3 Å². The maximum absolute atomic E-state index is 13.8. The number of halogens is 1. The zero-order valence-corrected chi connectivity index (χ0v) is 12.4. The van der Waals surface area contributed by atoms with Gasteiger partial charge in [0.25, 0.3) is 0 Å². The molecule has 0 aromatic heterocycles. The Morgan fingerprint density at radius 3 is 2.80 bits per heavy atom. The van der Waals surface area contributed by atoms with E-state index in [1.807, 2.05) is 6.92 Å². The lowest BCUT2D eigenvalue weighted by atomic mass is 9.91. The molecule has 20 heavy (non-hydrogen) atoms. The summed E-state index contributed by atoms with van der Waals surface area (Å²) in [5.74, 6) is 0.115. The Hall–Kier alpha value is -1.42. The highest BCUT2D eigenvalue weighted by Gasteiger charge is 2.31. The number of benzene rings is 1. The second-order valence-electron chi connectivity index (χ2n) is 5.70. The monoisotopic (exact) mass is 278 g/mol. The topological polar surface area (TPSA) is 32.3 Å². The average molecular weight is 278 g/mol. The minimum atomic E-state index is -0.264. The summed E-state index contributed by atoms with van der Waals surface area (Å²) in [6.07, 6.45) is 2.17. The molecule has 1 saturated heterocycles. The van der Waals surface area contributed by atoms with Crippen LogP contribution in [0.25, 0.3) is 0 Å². The Labute approximate surface area is 120 Å². The number of hydrogen-bond donors (Lipinski definition) is 1. The van der Waals surface area contributed by atoms with Gasteiger partial charge in [0.2, 0.25) is 5.91 Å². The molecule has 1 aliphatic rings. The molecule has 3 nitrogen and oxygen atoms in total. The molecule has 1 aliphatic heterocycles. The van der Waals surface area contributed by atoms with Gasteiger partial charge in [-0.3, -0.25) is 4.79 Å². The lowest BCUT2D eigenvalue weighted by Crippen LogP contribution is -2.51. The van der Waals surface area contributed by atoms with Gasteiger partial charge in [-0.15, -0.1) is 0 Å². The van der Waals surface area contributed by atoms with Crippen LogP contribution in [-0.2, 0) is 4.79 Å². The molecule has 1 aromatic rings. The number of rotatable bonds is 3. The van der Waals surface area contributed by atoms with Crippen LogP contribution in [0.4, 0.5) is 4.39 Å². The Bertz CT molecular complexity index is 477. The largest absolute Gasteiger partial charge is 0.338 e. The van der Waals surface area contributed by atoms with Gasteiger partial charge in [-0.1, -0.05) is 25.1 Å². The fraction of sp³-hybridized carbons (Fsp3) is 0.562. The fourth-order valence-electron chi connectivity index (χ4n) is 2.81. The third kappa shape index (κ3) is 3.01. The molecule has 0 radical (unpaired) electrons. The van der Waals surface area contributed by atoms with E-state index in [0.717, 1.165) is 19.4 Å². The Kier molecular flexibility index (Phi) is 4.76. The quantitative estimate of drug-likeness (QED) is 0.922. The summed E-state index contributed by atoms with van der Waals surface area (Å²) < 4.78 is 13.8. The van der Waals surface area contributed by atoms with E-state index < -0.39 is 0 Å². The number of hydrogen-bond acceptors (Lipinski definition) is 2. The summed E-state index contributed by atoms with van der Waals surface area (Å²) in [6.45, 7) is 4.84. The molecular weight excluding hydrogens is 255 g/mol. The van der Waals surface area contributed by atoms with Crippen LogP contribution in [0.15, 0.2) is 24.3 Å². The van der Waals surface area contributed by atoms with E-state index in [1.54, 1.807) is 30.1 Å². The average Bonchev–Trinajstić information content (AvgIpc) is 2.46. The molecular formula is C16H23FN2O. The number of amides is 1. The van der Waals surface area contributed by atoms with E-state index in [-0.39, 0.29) is 23.8 Å². The van der Waals surface area contributed by atoms with E-state index in [9.17, 15) is 9.18 Å². The second-order valence-corrected chi connectivity index (χ2v) is 5.70. The van der Waals surface area contributed by atoms with Gasteiger partial charge < -0.3 is 10.2 Å².